The first-order chi connectivity index (χ1) is 26.0. The van der Waals surface area contributed by atoms with Gasteiger partial charge < -0.3 is 53.6 Å². The number of urea groups is 2. The summed E-state index contributed by atoms with van der Waals surface area (Å²) in [5.74, 6) is -6.35. The fourth-order valence-corrected chi connectivity index (χ4v) is 4.83. The van der Waals surface area contributed by atoms with E-state index in [9.17, 15) is 59.1 Å². The Morgan fingerprint density at radius 2 is 0.946 bits per heavy atom. The summed E-state index contributed by atoms with van der Waals surface area (Å²) in [5.41, 5.74) is 6.76. The molecule has 0 bridgehead atoms. The first-order valence-electron chi connectivity index (χ1n) is 18.0. The van der Waals surface area contributed by atoms with Gasteiger partial charge in [0.2, 0.25) is 23.6 Å². The average molecular weight is 793 g/mol. The maximum Gasteiger partial charge on any atom is 0.326 e. The highest BCUT2D eigenvalue weighted by Crippen LogP contribution is 2.24. The molecule has 0 saturated carbocycles. The van der Waals surface area contributed by atoms with Crippen molar-refractivity contribution in [2.75, 3.05) is 13.1 Å². The van der Waals surface area contributed by atoms with Crippen LogP contribution in [0.3, 0.4) is 0 Å². The zero-order valence-corrected chi connectivity index (χ0v) is 32.6. The number of hydrogen-bond acceptors (Lipinski definition) is 12. The van der Waals surface area contributed by atoms with E-state index in [0.29, 0.717) is 0 Å². The molecule has 0 heterocycles. The number of nitrogens with zero attached hydrogens (tertiary/aromatic N) is 4. The lowest BCUT2D eigenvalue weighted by atomic mass is 9.96. The number of primary amides is 2. The molecule has 0 aromatic carbocycles. The summed E-state index contributed by atoms with van der Waals surface area (Å²) in [7, 11) is 0. The molecule has 0 aromatic rings. The smallest absolute Gasteiger partial charge is 0.326 e. The minimum absolute atomic E-state index is 0.0242. The molecule has 0 aliphatic carbocycles. The van der Waals surface area contributed by atoms with E-state index < -0.39 is 94.7 Å². The molecule has 0 saturated heterocycles. The lowest BCUT2D eigenvalue weighted by Gasteiger charge is -2.25. The van der Waals surface area contributed by atoms with Crippen LogP contribution in [0.1, 0.15) is 92.9 Å². The van der Waals surface area contributed by atoms with Crippen molar-refractivity contribution in [3.63, 3.8) is 0 Å². The quantitative estimate of drug-likeness (QED) is 0.0405. The number of carbonyl (C=O) groups excluding carboxylic acids is 6. The van der Waals surface area contributed by atoms with E-state index in [4.69, 9.17) is 11.5 Å². The van der Waals surface area contributed by atoms with Crippen molar-refractivity contribution in [2.24, 2.45) is 33.5 Å². The van der Waals surface area contributed by atoms with E-state index in [0.717, 1.165) is 0 Å². The molecule has 0 fully saturated rings. The Hall–Kier alpha value is -6.06. The third-order valence-electron chi connectivity index (χ3n) is 8.35. The molecule has 0 aliphatic rings. The lowest BCUT2D eigenvalue weighted by molar-refractivity contribution is -0.143. The second kappa shape index (κ2) is 24.4. The number of carbonyl (C=O) groups is 8. The van der Waals surface area contributed by atoms with Crippen molar-refractivity contribution in [3.8, 4) is 12.1 Å². The fraction of sp³-hybridized carbons (Fsp3) is 0.706. The van der Waals surface area contributed by atoms with Crippen LogP contribution in [-0.2, 0) is 28.8 Å². The molecular formula is C34H56N12O10. The van der Waals surface area contributed by atoms with Crippen molar-refractivity contribution in [3.05, 3.63) is 0 Å². The molecule has 0 aromatic heterocycles. The van der Waals surface area contributed by atoms with E-state index in [-0.39, 0.29) is 64.5 Å². The van der Waals surface area contributed by atoms with Gasteiger partial charge in [-0.2, -0.15) is 20.8 Å². The zero-order valence-electron chi connectivity index (χ0n) is 32.6. The minimum atomic E-state index is -1.61. The Morgan fingerprint density at radius 1 is 0.625 bits per heavy atom. The van der Waals surface area contributed by atoms with Crippen LogP contribution in [0.2, 0.25) is 0 Å². The number of nitrogens with two attached hydrogens (primary N) is 2. The molecule has 2 unspecified atom stereocenters. The molecule has 312 valence electrons. The predicted molar refractivity (Wildman–Crippen MR) is 198 cm³/mol. The normalized spacial score (nSPS) is 15.3. The van der Waals surface area contributed by atoms with E-state index in [1.54, 1.807) is 27.7 Å². The molecule has 0 rings (SSSR count). The maximum atomic E-state index is 13.0. The van der Waals surface area contributed by atoms with Gasteiger partial charge in [-0.15, -0.1) is 0 Å². The maximum absolute atomic E-state index is 13.0. The standard InChI is InChI=1S/C34H56N12O10/c1-19(2)25(27(49)41-21(29(51)52)9-7-15-39-31(37)55)43-23(47)11-13-33(5,17-35)45-46-34(6,18-36)14-12-24(48)44-26(20(3)4)28(50)42-22(30(53)54)10-8-16-40-32(38)56/h19-22,25-26H,7-16H2,1-6H3,(H,41,49)(H,42,50)(H,43,47)(H,44,48)(H,51,52)(H,53,54)(H3,37,39,55)(H3,38,40,56)/b46-45+/t21-,22-,25-,26-,33?,34?/m0/s1. The highest BCUT2D eigenvalue weighted by molar-refractivity contribution is 5.91. The number of carboxylic acid groups (broad SMARTS) is 2. The van der Waals surface area contributed by atoms with Crippen LogP contribution < -0.4 is 43.4 Å². The molecule has 8 amide bonds. The number of rotatable bonds is 26. The zero-order chi connectivity index (χ0) is 43.2. The monoisotopic (exact) mass is 792 g/mol. The summed E-state index contributed by atoms with van der Waals surface area (Å²) >= 11 is 0. The van der Waals surface area contributed by atoms with Crippen molar-refractivity contribution < 1.29 is 48.6 Å². The largest absolute Gasteiger partial charge is 0.480 e. The Bertz CT molecular complexity index is 1420. The number of carboxylic acids is 2. The van der Waals surface area contributed by atoms with Gasteiger partial charge >= 0.3 is 24.0 Å². The number of nitrogens with one attached hydrogen (secondary N) is 6. The van der Waals surface area contributed by atoms with Crippen LogP contribution in [0, 0.1) is 34.5 Å². The fourth-order valence-electron chi connectivity index (χ4n) is 4.83. The summed E-state index contributed by atoms with van der Waals surface area (Å²) in [6.07, 6.45) is -0.643. The Kier molecular flexibility index (Phi) is 21.7. The SMILES string of the molecule is CC(C)[C@H](NC(=O)CCC(C)(C#N)/N=N/C(C)(C#N)CCC(=O)N[C@H](C(=O)N[C@@H](CCCNC(N)=O)C(=O)O)C(C)C)C(=O)N[C@@H](CCCNC(N)=O)C(=O)O. The Labute approximate surface area is 325 Å². The first kappa shape index (κ1) is 49.9. The summed E-state index contributed by atoms with van der Waals surface area (Å²) in [6, 6.07) is -2.55. The molecule has 22 heteroatoms. The van der Waals surface area contributed by atoms with Gasteiger partial charge in [-0.3, -0.25) is 19.2 Å². The molecule has 12 N–H and O–H groups in total. The third kappa shape index (κ3) is 19.9. The highest BCUT2D eigenvalue weighted by atomic mass is 16.4. The van der Waals surface area contributed by atoms with E-state index in [1.165, 1.54) is 13.8 Å². The molecular weight excluding hydrogens is 736 g/mol. The highest BCUT2D eigenvalue weighted by Gasteiger charge is 2.33. The van der Waals surface area contributed by atoms with Crippen LogP contribution >= 0.6 is 0 Å². The van der Waals surface area contributed by atoms with Crippen molar-refractivity contribution in [2.45, 2.75) is 128 Å². The second-order valence-corrected chi connectivity index (χ2v) is 14.2. The lowest BCUT2D eigenvalue weighted by Crippen LogP contribution is -2.53. The van der Waals surface area contributed by atoms with Crippen LogP contribution in [0.15, 0.2) is 10.2 Å². The van der Waals surface area contributed by atoms with Gasteiger partial charge in [-0.1, -0.05) is 27.7 Å². The number of azo groups is 1. The van der Waals surface area contributed by atoms with Crippen LogP contribution in [0.5, 0.6) is 0 Å². The first-order valence-corrected chi connectivity index (χ1v) is 18.0. The summed E-state index contributed by atoms with van der Waals surface area (Å²) < 4.78 is 0. The minimum Gasteiger partial charge on any atom is -0.480 e. The van der Waals surface area contributed by atoms with Crippen molar-refractivity contribution >= 4 is 47.6 Å². The number of nitriles is 2. The average Bonchev–Trinajstić information content (AvgIpc) is 3.11. The topological polar surface area (TPSA) is 374 Å². The van der Waals surface area contributed by atoms with Crippen LogP contribution in [0.4, 0.5) is 9.59 Å². The van der Waals surface area contributed by atoms with Crippen molar-refractivity contribution in [1.29, 1.82) is 10.5 Å². The van der Waals surface area contributed by atoms with E-state index in [1.807, 2.05) is 12.1 Å². The number of hydrogen-bond donors (Lipinski definition) is 10. The number of aliphatic carboxylic acids is 2. The Balaban J connectivity index is 5.45. The van der Waals surface area contributed by atoms with Gasteiger partial charge in [-0.25, -0.2) is 19.2 Å². The van der Waals surface area contributed by atoms with Gasteiger partial charge in [0, 0.05) is 25.9 Å². The third-order valence-corrected chi connectivity index (χ3v) is 8.35. The van der Waals surface area contributed by atoms with Crippen molar-refractivity contribution in [1.82, 2.24) is 31.9 Å². The van der Waals surface area contributed by atoms with Gasteiger partial charge in [-0.05, 0) is 64.2 Å². The molecule has 6 atom stereocenters. The van der Waals surface area contributed by atoms with Crippen LogP contribution in [-0.4, -0.2) is 106 Å². The predicted octanol–water partition coefficient (Wildman–Crippen LogP) is -0.119. The van der Waals surface area contributed by atoms with Gasteiger partial charge in [0.25, 0.3) is 0 Å². The molecule has 0 aliphatic heterocycles. The van der Waals surface area contributed by atoms with E-state index in [2.05, 4.69) is 42.1 Å². The molecule has 0 spiro atoms. The molecule has 22 nitrogen and oxygen atoms in total. The van der Waals surface area contributed by atoms with Crippen LogP contribution in [0.25, 0.3) is 0 Å². The van der Waals surface area contributed by atoms with Gasteiger partial charge in [0.05, 0.1) is 12.1 Å². The summed E-state index contributed by atoms with van der Waals surface area (Å²) in [4.78, 5) is 96.8. The summed E-state index contributed by atoms with van der Waals surface area (Å²) in [6.45, 7) is 9.47. The summed E-state index contributed by atoms with van der Waals surface area (Å²) in [5, 5.41) is 61.4. The Morgan fingerprint density at radius 3 is 1.20 bits per heavy atom. The van der Waals surface area contributed by atoms with Gasteiger partial charge in [0.15, 0.2) is 11.1 Å². The van der Waals surface area contributed by atoms with E-state index >= 15 is 0 Å². The molecule has 56 heavy (non-hydrogen) atoms. The second-order valence-electron chi connectivity index (χ2n) is 14.2. The van der Waals surface area contributed by atoms with Gasteiger partial charge in [0.1, 0.15) is 24.2 Å². The number of amides is 8. The molecule has 0 radical (unpaired) electrons.